The molecule has 1 aromatic heterocycles. The van der Waals surface area contributed by atoms with Gasteiger partial charge in [-0.1, -0.05) is 6.92 Å². The molecule has 1 heterocycles. The van der Waals surface area contributed by atoms with E-state index in [4.69, 9.17) is 0 Å². The summed E-state index contributed by atoms with van der Waals surface area (Å²) >= 11 is 1.20. The first kappa shape index (κ1) is 15.9. The van der Waals surface area contributed by atoms with E-state index in [-0.39, 0.29) is 11.4 Å². The lowest BCUT2D eigenvalue weighted by Gasteiger charge is -2.09. The fraction of sp³-hybridized carbons (Fsp3) is 0.308. The molecule has 0 aliphatic rings. The van der Waals surface area contributed by atoms with Crippen LogP contribution in [0.25, 0.3) is 0 Å². The van der Waals surface area contributed by atoms with Crippen LogP contribution in [0.4, 0.5) is 9.52 Å². The van der Waals surface area contributed by atoms with Gasteiger partial charge >= 0.3 is 0 Å². The van der Waals surface area contributed by atoms with Gasteiger partial charge in [0.05, 0.1) is 10.6 Å². The highest BCUT2D eigenvalue weighted by atomic mass is 32.2. The average molecular weight is 329 g/mol. The van der Waals surface area contributed by atoms with Crippen molar-refractivity contribution in [3.8, 4) is 0 Å². The molecule has 0 aliphatic carbocycles. The summed E-state index contributed by atoms with van der Waals surface area (Å²) in [5, 5.41) is 5.02. The second kappa shape index (κ2) is 6.50. The Morgan fingerprint density at radius 3 is 2.76 bits per heavy atom. The molecule has 5 nitrogen and oxygen atoms in total. The summed E-state index contributed by atoms with van der Waals surface area (Å²) in [6, 6.07) is 3.74. The van der Waals surface area contributed by atoms with Crippen molar-refractivity contribution in [1.82, 2.24) is 10.3 Å². The number of halogens is 1. The minimum absolute atomic E-state index is 0.0182. The predicted octanol–water partition coefficient (Wildman–Crippen LogP) is 2.50. The first-order valence-electron chi connectivity index (χ1n) is 6.36. The largest absolute Gasteiger partial charge is 0.313 e. The van der Waals surface area contributed by atoms with Crippen molar-refractivity contribution < 1.29 is 12.8 Å². The minimum atomic E-state index is -3.76. The van der Waals surface area contributed by atoms with Gasteiger partial charge in [-0.15, -0.1) is 11.3 Å². The van der Waals surface area contributed by atoms with Crippen LogP contribution in [0.15, 0.2) is 28.5 Å². The quantitative estimate of drug-likeness (QED) is 0.854. The van der Waals surface area contributed by atoms with Crippen molar-refractivity contribution in [1.29, 1.82) is 0 Å². The van der Waals surface area contributed by atoms with Gasteiger partial charge in [-0.3, -0.25) is 4.72 Å². The minimum Gasteiger partial charge on any atom is -0.313 e. The SMILES string of the molecule is CCNCc1cc(S(=O)(=O)Nc2nc(C)cs2)ccc1F. The summed E-state index contributed by atoms with van der Waals surface area (Å²) in [7, 11) is -3.76. The van der Waals surface area contributed by atoms with Crippen LogP contribution in [0.1, 0.15) is 18.2 Å². The molecule has 0 radical (unpaired) electrons. The molecule has 0 saturated carbocycles. The number of nitrogens with one attached hydrogen (secondary N) is 2. The number of anilines is 1. The summed E-state index contributed by atoms with van der Waals surface area (Å²) in [5.41, 5.74) is 1.06. The van der Waals surface area contributed by atoms with Gasteiger partial charge in [-0.2, -0.15) is 0 Å². The van der Waals surface area contributed by atoms with Crippen LogP contribution in [0.3, 0.4) is 0 Å². The van der Waals surface area contributed by atoms with Gasteiger partial charge in [0, 0.05) is 17.5 Å². The van der Waals surface area contributed by atoms with Gasteiger partial charge in [0.25, 0.3) is 10.0 Å². The summed E-state index contributed by atoms with van der Waals surface area (Å²) in [5.74, 6) is -0.431. The number of nitrogens with zero attached hydrogens (tertiary/aromatic N) is 1. The molecule has 114 valence electrons. The van der Waals surface area contributed by atoms with Gasteiger partial charge in [0.1, 0.15) is 5.82 Å². The van der Waals surface area contributed by atoms with Crippen molar-refractivity contribution in [3.63, 3.8) is 0 Å². The van der Waals surface area contributed by atoms with Gasteiger partial charge < -0.3 is 5.32 Å². The second-order valence-corrected chi connectivity index (χ2v) is 6.97. The summed E-state index contributed by atoms with van der Waals surface area (Å²) in [4.78, 5) is 4.07. The molecular weight excluding hydrogens is 313 g/mol. The van der Waals surface area contributed by atoms with E-state index in [1.54, 1.807) is 12.3 Å². The molecule has 2 aromatic rings. The molecule has 2 rings (SSSR count). The molecule has 8 heteroatoms. The van der Waals surface area contributed by atoms with E-state index in [2.05, 4.69) is 15.0 Å². The van der Waals surface area contributed by atoms with Crippen LogP contribution in [0.2, 0.25) is 0 Å². The van der Waals surface area contributed by atoms with E-state index in [1.165, 1.54) is 23.5 Å². The van der Waals surface area contributed by atoms with Crippen molar-refractivity contribution in [2.75, 3.05) is 11.3 Å². The Kier molecular flexibility index (Phi) is 4.92. The number of hydrogen-bond acceptors (Lipinski definition) is 5. The normalized spacial score (nSPS) is 11.6. The number of aromatic nitrogens is 1. The van der Waals surface area contributed by atoms with Crippen LogP contribution in [-0.2, 0) is 16.6 Å². The third kappa shape index (κ3) is 3.99. The molecule has 0 amide bonds. The van der Waals surface area contributed by atoms with Gasteiger partial charge in [-0.05, 0) is 31.7 Å². The Labute approximate surface area is 127 Å². The third-order valence-electron chi connectivity index (χ3n) is 2.73. The standard InChI is InChI=1S/C13H16FN3O2S2/c1-3-15-7-10-6-11(4-5-12(10)14)21(18,19)17-13-16-9(2)8-20-13/h4-6,8,15H,3,7H2,1-2H3,(H,16,17). The smallest absolute Gasteiger partial charge is 0.263 e. The maximum absolute atomic E-state index is 13.6. The first-order chi connectivity index (χ1) is 9.92. The zero-order valence-electron chi connectivity index (χ0n) is 11.7. The highest BCUT2D eigenvalue weighted by Crippen LogP contribution is 2.21. The predicted molar refractivity (Wildman–Crippen MR) is 81.4 cm³/mol. The lowest BCUT2D eigenvalue weighted by Crippen LogP contribution is -2.16. The lowest BCUT2D eigenvalue weighted by atomic mass is 10.2. The Balaban J connectivity index is 2.27. The molecule has 21 heavy (non-hydrogen) atoms. The van der Waals surface area contributed by atoms with Crippen LogP contribution in [0, 0.1) is 12.7 Å². The van der Waals surface area contributed by atoms with E-state index in [1.807, 2.05) is 6.92 Å². The lowest BCUT2D eigenvalue weighted by molar-refractivity contribution is 0.587. The molecule has 2 N–H and O–H groups in total. The Hall–Kier alpha value is -1.51. The molecule has 1 aromatic carbocycles. The number of sulfonamides is 1. The van der Waals surface area contributed by atoms with Crippen molar-refractivity contribution >= 4 is 26.5 Å². The van der Waals surface area contributed by atoms with Crippen LogP contribution in [-0.4, -0.2) is 19.9 Å². The number of aryl methyl sites for hydroxylation is 1. The van der Waals surface area contributed by atoms with Gasteiger partial charge in [0.15, 0.2) is 5.13 Å². The molecule has 0 saturated heterocycles. The van der Waals surface area contributed by atoms with Crippen molar-refractivity contribution in [2.45, 2.75) is 25.3 Å². The van der Waals surface area contributed by atoms with E-state index in [0.29, 0.717) is 17.2 Å². The summed E-state index contributed by atoms with van der Waals surface area (Å²) in [6.07, 6.45) is 0. The topological polar surface area (TPSA) is 71.1 Å². The fourth-order valence-corrected chi connectivity index (χ4v) is 3.68. The number of benzene rings is 1. The number of rotatable bonds is 6. The first-order valence-corrected chi connectivity index (χ1v) is 8.72. The second-order valence-electron chi connectivity index (χ2n) is 4.43. The average Bonchev–Trinajstić information content (AvgIpc) is 2.82. The Morgan fingerprint density at radius 1 is 1.38 bits per heavy atom. The van der Waals surface area contributed by atoms with Gasteiger partial charge in [0.2, 0.25) is 0 Å². The van der Waals surface area contributed by atoms with Crippen LogP contribution >= 0.6 is 11.3 Å². The van der Waals surface area contributed by atoms with Crippen LogP contribution in [0.5, 0.6) is 0 Å². The molecule has 0 fully saturated rings. The number of thiazole rings is 1. The fourth-order valence-electron chi connectivity index (χ4n) is 1.69. The molecule has 0 bridgehead atoms. The molecule has 0 unspecified atom stereocenters. The van der Waals surface area contributed by atoms with Crippen LogP contribution < -0.4 is 10.0 Å². The molecule has 0 atom stereocenters. The maximum atomic E-state index is 13.6. The highest BCUT2D eigenvalue weighted by molar-refractivity contribution is 7.93. The highest BCUT2D eigenvalue weighted by Gasteiger charge is 2.17. The molecule has 0 aliphatic heterocycles. The van der Waals surface area contributed by atoms with Crippen molar-refractivity contribution in [2.24, 2.45) is 0 Å². The van der Waals surface area contributed by atoms with E-state index >= 15 is 0 Å². The summed E-state index contributed by atoms with van der Waals surface area (Å²) in [6.45, 7) is 4.63. The Bertz CT molecular complexity index is 729. The third-order valence-corrected chi connectivity index (χ3v) is 5.08. The van der Waals surface area contributed by atoms with E-state index in [0.717, 1.165) is 11.8 Å². The summed E-state index contributed by atoms with van der Waals surface area (Å²) < 4.78 is 40.6. The zero-order valence-corrected chi connectivity index (χ0v) is 13.3. The van der Waals surface area contributed by atoms with E-state index < -0.39 is 15.8 Å². The van der Waals surface area contributed by atoms with Gasteiger partial charge in [-0.25, -0.2) is 17.8 Å². The maximum Gasteiger partial charge on any atom is 0.263 e. The monoisotopic (exact) mass is 329 g/mol. The van der Waals surface area contributed by atoms with E-state index in [9.17, 15) is 12.8 Å². The molecular formula is C13H16FN3O2S2. The van der Waals surface area contributed by atoms with Crippen molar-refractivity contribution in [3.05, 3.63) is 40.7 Å². The Morgan fingerprint density at radius 2 is 2.14 bits per heavy atom. The zero-order chi connectivity index (χ0) is 15.5. The number of hydrogen-bond donors (Lipinski definition) is 2. The molecule has 0 spiro atoms.